The van der Waals surface area contributed by atoms with Crippen LogP contribution in [0.25, 0.3) is 10.9 Å². The van der Waals surface area contributed by atoms with Crippen LogP contribution in [0.3, 0.4) is 0 Å². The van der Waals surface area contributed by atoms with E-state index in [1.807, 2.05) is 50.2 Å². The van der Waals surface area contributed by atoms with Crippen molar-refractivity contribution < 1.29 is 14.3 Å². The van der Waals surface area contributed by atoms with Crippen LogP contribution in [0.2, 0.25) is 0 Å². The average molecular weight is 407 g/mol. The van der Waals surface area contributed by atoms with E-state index in [4.69, 9.17) is 4.74 Å². The average Bonchev–Trinajstić information content (AvgIpc) is 3.44. The van der Waals surface area contributed by atoms with Gasteiger partial charge in [0.25, 0.3) is 0 Å². The van der Waals surface area contributed by atoms with Crippen molar-refractivity contribution in [3.63, 3.8) is 0 Å². The minimum absolute atomic E-state index is 0.186. The SMILES string of the molecule is Cc1cc(C(=O)COC(=O)c2c[nH]c3ccccc23)c(C)n1CCc1cccs1. The van der Waals surface area contributed by atoms with Crippen molar-refractivity contribution in [3.8, 4) is 0 Å². The van der Waals surface area contributed by atoms with E-state index >= 15 is 0 Å². The molecule has 3 aromatic heterocycles. The number of nitrogens with one attached hydrogen (secondary N) is 1. The number of hydrogen-bond acceptors (Lipinski definition) is 4. The molecule has 0 radical (unpaired) electrons. The summed E-state index contributed by atoms with van der Waals surface area (Å²) in [4.78, 5) is 29.5. The summed E-state index contributed by atoms with van der Waals surface area (Å²) in [5, 5.41) is 2.86. The molecule has 1 N–H and O–H groups in total. The maximum atomic E-state index is 12.7. The van der Waals surface area contributed by atoms with Crippen molar-refractivity contribution in [2.24, 2.45) is 0 Å². The Morgan fingerprint density at radius 2 is 1.93 bits per heavy atom. The van der Waals surface area contributed by atoms with E-state index in [1.165, 1.54) is 4.88 Å². The van der Waals surface area contributed by atoms with Gasteiger partial charge in [-0.3, -0.25) is 4.79 Å². The number of aromatic amines is 1. The van der Waals surface area contributed by atoms with Crippen molar-refractivity contribution >= 4 is 34.0 Å². The molecule has 1 aromatic carbocycles. The van der Waals surface area contributed by atoms with Gasteiger partial charge in [0.1, 0.15) is 0 Å². The number of fused-ring (bicyclic) bond motifs is 1. The van der Waals surface area contributed by atoms with Crippen LogP contribution >= 0.6 is 11.3 Å². The van der Waals surface area contributed by atoms with Gasteiger partial charge in [-0.2, -0.15) is 0 Å². The monoisotopic (exact) mass is 406 g/mol. The third-order valence-electron chi connectivity index (χ3n) is 5.18. The van der Waals surface area contributed by atoms with Crippen LogP contribution < -0.4 is 0 Å². The Bertz CT molecular complexity index is 1170. The van der Waals surface area contributed by atoms with Crippen LogP contribution in [0, 0.1) is 13.8 Å². The largest absolute Gasteiger partial charge is 0.454 e. The highest BCUT2D eigenvalue weighted by Gasteiger charge is 2.19. The van der Waals surface area contributed by atoms with Crippen molar-refractivity contribution in [1.82, 2.24) is 9.55 Å². The predicted octanol–water partition coefficient (Wildman–Crippen LogP) is 4.93. The molecule has 0 bridgehead atoms. The number of rotatable bonds is 7. The summed E-state index contributed by atoms with van der Waals surface area (Å²) in [5.41, 5.74) is 3.85. The second-order valence-corrected chi connectivity index (χ2v) is 8.05. The Morgan fingerprint density at radius 3 is 2.72 bits per heavy atom. The van der Waals surface area contributed by atoms with Gasteiger partial charge < -0.3 is 14.3 Å². The van der Waals surface area contributed by atoms with E-state index < -0.39 is 5.97 Å². The summed E-state index contributed by atoms with van der Waals surface area (Å²) >= 11 is 1.74. The molecule has 0 amide bonds. The quantitative estimate of drug-likeness (QED) is 0.350. The molecule has 6 heteroatoms. The van der Waals surface area contributed by atoms with Crippen LogP contribution in [0.5, 0.6) is 0 Å². The fraction of sp³-hybridized carbons (Fsp3) is 0.217. The van der Waals surface area contributed by atoms with Gasteiger partial charge in [-0.25, -0.2) is 4.79 Å². The van der Waals surface area contributed by atoms with E-state index in [9.17, 15) is 9.59 Å². The Morgan fingerprint density at radius 1 is 1.10 bits per heavy atom. The third-order valence-corrected chi connectivity index (χ3v) is 6.12. The number of aromatic nitrogens is 2. The van der Waals surface area contributed by atoms with E-state index in [0.29, 0.717) is 11.1 Å². The number of nitrogens with zero attached hydrogens (tertiary/aromatic N) is 1. The van der Waals surface area contributed by atoms with Crippen molar-refractivity contribution in [2.75, 3.05) is 6.61 Å². The Kier molecular flexibility index (Phi) is 5.36. The van der Waals surface area contributed by atoms with E-state index in [0.717, 1.165) is 35.3 Å². The number of ketones is 1. The number of thiophene rings is 1. The standard InChI is InChI=1S/C23H22N2O3S/c1-15-12-19(16(2)25(15)10-9-17-6-5-11-29-17)22(26)14-28-23(27)20-13-24-21-8-4-3-7-18(20)21/h3-8,11-13,24H,9-10,14H2,1-2H3. The number of carbonyl (C=O) groups excluding carboxylic acids is 2. The first kappa shape index (κ1) is 19.2. The fourth-order valence-corrected chi connectivity index (χ4v) is 4.33. The normalized spacial score (nSPS) is 11.1. The number of carbonyl (C=O) groups is 2. The minimum Gasteiger partial charge on any atom is -0.454 e. The van der Waals surface area contributed by atoms with Gasteiger partial charge in [0.05, 0.1) is 5.56 Å². The molecule has 0 spiro atoms. The second kappa shape index (κ2) is 8.09. The lowest BCUT2D eigenvalue weighted by atomic mass is 10.1. The Hall–Kier alpha value is -3.12. The summed E-state index contributed by atoms with van der Waals surface area (Å²) < 4.78 is 7.46. The molecule has 0 unspecified atom stereocenters. The zero-order valence-corrected chi connectivity index (χ0v) is 17.2. The first-order valence-corrected chi connectivity index (χ1v) is 10.4. The van der Waals surface area contributed by atoms with Crippen molar-refractivity contribution in [3.05, 3.63) is 81.4 Å². The first-order valence-electron chi connectivity index (χ1n) is 9.50. The molecule has 0 saturated carbocycles. The Balaban J connectivity index is 1.43. The molecule has 0 fully saturated rings. The molecule has 0 aliphatic heterocycles. The maximum Gasteiger partial charge on any atom is 0.340 e. The summed E-state index contributed by atoms with van der Waals surface area (Å²) in [6, 6.07) is 13.6. The van der Waals surface area contributed by atoms with Gasteiger partial charge in [-0.15, -0.1) is 11.3 Å². The number of ether oxygens (including phenoxy) is 1. The topological polar surface area (TPSA) is 64.1 Å². The first-order chi connectivity index (χ1) is 14.0. The molecular formula is C23H22N2O3S. The molecule has 4 aromatic rings. The van der Waals surface area contributed by atoms with E-state index in [1.54, 1.807) is 17.5 Å². The summed E-state index contributed by atoms with van der Waals surface area (Å²) in [6.07, 6.45) is 2.55. The van der Waals surface area contributed by atoms with Crippen LogP contribution in [0.4, 0.5) is 0 Å². The minimum atomic E-state index is -0.498. The molecule has 0 aliphatic carbocycles. The molecule has 0 saturated heterocycles. The Labute approximate surface area is 172 Å². The van der Waals surface area contributed by atoms with Crippen LogP contribution in [-0.4, -0.2) is 27.9 Å². The summed E-state index contributed by atoms with van der Waals surface area (Å²) in [6.45, 7) is 4.49. The number of esters is 1. The zero-order chi connectivity index (χ0) is 20.4. The number of para-hydroxylation sites is 1. The predicted molar refractivity (Wildman–Crippen MR) is 115 cm³/mol. The van der Waals surface area contributed by atoms with E-state index in [2.05, 4.69) is 21.0 Å². The maximum absolute atomic E-state index is 12.7. The van der Waals surface area contributed by atoms with Crippen LogP contribution in [0.1, 0.15) is 37.0 Å². The molecule has 148 valence electrons. The molecule has 4 rings (SSSR count). The van der Waals surface area contributed by atoms with Gasteiger partial charge in [-0.05, 0) is 43.8 Å². The van der Waals surface area contributed by atoms with Gasteiger partial charge in [-0.1, -0.05) is 24.3 Å². The van der Waals surface area contributed by atoms with Crippen LogP contribution in [-0.2, 0) is 17.7 Å². The summed E-state index contributed by atoms with van der Waals surface area (Å²) in [7, 11) is 0. The zero-order valence-electron chi connectivity index (χ0n) is 16.4. The second-order valence-electron chi connectivity index (χ2n) is 7.01. The highest BCUT2D eigenvalue weighted by Crippen LogP contribution is 2.20. The smallest absolute Gasteiger partial charge is 0.340 e. The van der Waals surface area contributed by atoms with Crippen LogP contribution in [0.15, 0.2) is 54.0 Å². The van der Waals surface area contributed by atoms with E-state index in [-0.39, 0.29) is 12.4 Å². The third kappa shape index (κ3) is 3.89. The molecule has 5 nitrogen and oxygen atoms in total. The highest BCUT2D eigenvalue weighted by atomic mass is 32.1. The number of hydrogen-bond donors (Lipinski definition) is 1. The van der Waals surface area contributed by atoms with Gasteiger partial charge in [0.15, 0.2) is 6.61 Å². The number of H-pyrrole nitrogens is 1. The van der Waals surface area contributed by atoms with Gasteiger partial charge in [0, 0.05) is 45.5 Å². The lowest BCUT2D eigenvalue weighted by Crippen LogP contribution is -2.15. The van der Waals surface area contributed by atoms with Crippen molar-refractivity contribution in [2.45, 2.75) is 26.8 Å². The molecule has 0 aliphatic rings. The number of aryl methyl sites for hydroxylation is 2. The van der Waals surface area contributed by atoms with Gasteiger partial charge in [0.2, 0.25) is 5.78 Å². The summed E-state index contributed by atoms with van der Waals surface area (Å²) in [5.74, 6) is -0.684. The lowest BCUT2D eigenvalue weighted by Gasteiger charge is -2.09. The fourth-order valence-electron chi connectivity index (χ4n) is 3.63. The molecule has 3 heterocycles. The molecule has 0 atom stereocenters. The van der Waals surface area contributed by atoms with Crippen molar-refractivity contribution in [1.29, 1.82) is 0 Å². The highest BCUT2D eigenvalue weighted by molar-refractivity contribution is 7.09. The molecule has 29 heavy (non-hydrogen) atoms. The number of benzene rings is 1. The number of Topliss-reactive ketones (excluding diaryl/α,β-unsaturated/α-hetero) is 1. The molecular weight excluding hydrogens is 384 g/mol. The lowest BCUT2D eigenvalue weighted by molar-refractivity contribution is 0.0476. The van der Waals surface area contributed by atoms with Gasteiger partial charge >= 0.3 is 5.97 Å².